The van der Waals surface area contributed by atoms with Crippen molar-refractivity contribution in [2.45, 2.75) is 65.5 Å². The lowest BCUT2D eigenvalue weighted by Crippen LogP contribution is -2.26. The molecule has 0 spiro atoms. The number of rotatable bonds is 7. The van der Waals surface area contributed by atoms with E-state index in [2.05, 4.69) is 27.4 Å². The second-order valence-electron chi connectivity index (χ2n) is 3.68. The lowest BCUT2D eigenvalue weighted by Gasteiger charge is -2.10. The number of esters is 1. The standard InChI is InChI=1S/C9H17NO2.C4H10/c1-3-5-6-7-8(10)12-9(11)4-2;1-3-4-2/h4,8H,2-3,5-7,10H2,1H3;3-4H2,1-2H3. The molecule has 16 heavy (non-hydrogen) atoms. The Bertz CT molecular complexity index is 167. The van der Waals surface area contributed by atoms with Gasteiger partial charge in [0.25, 0.3) is 0 Å². The first kappa shape index (κ1) is 17.6. The van der Waals surface area contributed by atoms with Gasteiger partial charge in [0.1, 0.15) is 0 Å². The molecule has 0 aliphatic heterocycles. The van der Waals surface area contributed by atoms with Crippen LogP contribution in [0.2, 0.25) is 0 Å². The third-order valence-corrected chi connectivity index (χ3v) is 2.03. The quantitative estimate of drug-likeness (QED) is 0.315. The van der Waals surface area contributed by atoms with Crippen LogP contribution in [0.5, 0.6) is 0 Å². The summed E-state index contributed by atoms with van der Waals surface area (Å²) in [6.45, 7) is 9.75. The van der Waals surface area contributed by atoms with E-state index >= 15 is 0 Å². The molecule has 3 heteroatoms. The molecule has 0 aliphatic rings. The Hall–Kier alpha value is -0.830. The molecule has 1 unspecified atom stereocenters. The molecule has 0 aromatic carbocycles. The molecular weight excluding hydrogens is 202 g/mol. The summed E-state index contributed by atoms with van der Waals surface area (Å²) in [6.07, 6.45) is 7.29. The molecule has 0 rings (SSSR count). The number of carbonyl (C=O) groups is 1. The van der Waals surface area contributed by atoms with E-state index < -0.39 is 12.2 Å². The normalized spacial score (nSPS) is 11.0. The maximum Gasteiger partial charge on any atom is 0.331 e. The van der Waals surface area contributed by atoms with E-state index in [4.69, 9.17) is 10.5 Å². The van der Waals surface area contributed by atoms with E-state index in [0.29, 0.717) is 0 Å². The minimum Gasteiger partial charge on any atom is -0.444 e. The monoisotopic (exact) mass is 229 g/mol. The molecule has 0 radical (unpaired) electrons. The van der Waals surface area contributed by atoms with Gasteiger partial charge in [0.15, 0.2) is 6.23 Å². The van der Waals surface area contributed by atoms with Crippen molar-refractivity contribution in [2.75, 3.05) is 0 Å². The fraction of sp³-hybridized carbons (Fsp3) is 0.769. The van der Waals surface area contributed by atoms with E-state index in [-0.39, 0.29) is 0 Å². The fourth-order valence-corrected chi connectivity index (χ4v) is 0.852. The van der Waals surface area contributed by atoms with Gasteiger partial charge in [0.05, 0.1) is 0 Å². The zero-order chi connectivity index (χ0) is 12.8. The van der Waals surface area contributed by atoms with E-state index in [1.54, 1.807) is 0 Å². The van der Waals surface area contributed by atoms with Crippen molar-refractivity contribution in [1.29, 1.82) is 0 Å². The summed E-state index contributed by atoms with van der Waals surface area (Å²) in [5, 5.41) is 0. The first-order chi connectivity index (χ1) is 7.62. The maximum atomic E-state index is 10.6. The Morgan fingerprint density at radius 3 is 2.19 bits per heavy atom. The van der Waals surface area contributed by atoms with Crippen molar-refractivity contribution in [1.82, 2.24) is 0 Å². The molecule has 0 aromatic rings. The summed E-state index contributed by atoms with van der Waals surface area (Å²) in [6, 6.07) is 0. The minimum absolute atomic E-state index is 0.445. The van der Waals surface area contributed by atoms with Gasteiger partial charge in [0.2, 0.25) is 0 Å². The van der Waals surface area contributed by atoms with Crippen molar-refractivity contribution in [2.24, 2.45) is 5.73 Å². The third-order valence-electron chi connectivity index (χ3n) is 2.03. The molecule has 0 aliphatic carbocycles. The van der Waals surface area contributed by atoms with Gasteiger partial charge in [-0.2, -0.15) is 0 Å². The van der Waals surface area contributed by atoms with Crippen LogP contribution >= 0.6 is 0 Å². The van der Waals surface area contributed by atoms with Crippen LogP contribution in [0.25, 0.3) is 0 Å². The largest absolute Gasteiger partial charge is 0.444 e. The van der Waals surface area contributed by atoms with Crippen LogP contribution < -0.4 is 5.73 Å². The van der Waals surface area contributed by atoms with Gasteiger partial charge in [-0.1, -0.05) is 53.0 Å². The van der Waals surface area contributed by atoms with Crippen molar-refractivity contribution < 1.29 is 9.53 Å². The summed E-state index contributed by atoms with van der Waals surface area (Å²) in [5.41, 5.74) is 5.50. The summed E-state index contributed by atoms with van der Waals surface area (Å²) < 4.78 is 4.77. The van der Waals surface area contributed by atoms with Gasteiger partial charge in [-0.3, -0.25) is 5.73 Å². The van der Waals surface area contributed by atoms with Crippen LogP contribution in [0.3, 0.4) is 0 Å². The topological polar surface area (TPSA) is 52.3 Å². The lowest BCUT2D eigenvalue weighted by atomic mass is 10.2. The molecule has 2 N–H and O–H groups in total. The zero-order valence-corrected chi connectivity index (χ0v) is 11.0. The Labute approximate surface area is 100 Å². The summed E-state index contributed by atoms with van der Waals surface area (Å²) in [7, 11) is 0. The maximum absolute atomic E-state index is 10.6. The number of hydrogen-bond acceptors (Lipinski definition) is 3. The van der Waals surface area contributed by atoms with Crippen LogP contribution in [0, 0.1) is 0 Å². The van der Waals surface area contributed by atoms with Crippen molar-refractivity contribution in [3.8, 4) is 0 Å². The Morgan fingerprint density at radius 1 is 1.25 bits per heavy atom. The second-order valence-corrected chi connectivity index (χ2v) is 3.68. The Morgan fingerprint density at radius 2 is 1.81 bits per heavy atom. The highest BCUT2D eigenvalue weighted by Crippen LogP contribution is 2.02. The minimum atomic E-state index is -0.470. The Balaban J connectivity index is 0. The molecule has 0 saturated heterocycles. The second kappa shape index (κ2) is 14.2. The first-order valence-electron chi connectivity index (χ1n) is 6.20. The van der Waals surface area contributed by atoms with Gasteiger partial charge in [-0.15, -0.1) is 0 Å². The average Bonchev–Trinajstić information content (AvgIpc) is 2.29. The van der Waals surface area contributed by atoms with Crippen LogP contribution in [0.1, 0.15) is 59.3 Å². The average molecular weight is 229 g/mol. The number of hydrogen-bond donors (Lipinski definition) is 1. The number of nitrogens with two attached hydrogens (primary N) is 1. The molecule has 3 nitrogen and oxygen atoms in total. The molecule has 0 fully saturated rings. The molecular formula is C13H27NO2. The van der Waals surface area contributed by atoms with Gasteiger partial charge < -0.3 is 4.74 Å². The van der Waals surface area contributed by atoms with Gasteiger partial charge in [-0.25, -0.2) is 4.79 Å². The van der Waals surface area contributed by atoms with E-state index in [9.17, 15) is 4.79 Å². The molecule has 0 bridgehead atoms. The molecule has 0 amide bonds. The fourth-order valence-electron chi connectivity index (χ4n) is 0.852. The van der Waals surface area contributed by atoms with Gasteiger partial charge in [0, 0.05) is 6.08 Å². The predicted molar refractivity (Wildman–Crippen MR) is 69.0 cm³/mol. The van der Waals surface area contributed by atoms with E-state index in [1.165, 1.54) is 12.8 Å². The molecule has 0 saturated carbocycles. The third kappa shape index (κ3) is 15.6. The summed E-state index contributed by atoms with van der Waals surface area (Å²) in [4.78, 5) is 10.6. The van der Waals surface area contributed by atoms with Crippen LogP contribution in [-0.4, -0.2) is 12.2 Å². The highest BCUT2D eigenvalue weighted by Gasteiger charge is 2.05. The molecule has 0 aromatic heterocycles. The van der Waals surface area contributed by atoms with Gasteiger partial charge >= 0.3 is 5.97 Å². The van der Waals surface area contributed by atoms with Crippen LogP contribution in [0.4, 0.5) is 0 Å². The van der Waals surface area contributed by atoms with Crippen molar-refractivity contribution in [3.63, 3.8) is 0 Å². The SMILES string of the molecule is C=CC(=O)OC(N)CCCCC.CCCC. The molecule has 96 valence electrons. The summed E-state index contributed by atoms with van der Waals surface area (Å²) in [5.74, 6) is -0.445. The van der Waals surface area contributed by atoms with Crippen LogP contribution in [-0.2, 0) is 9.53 Å². The zero-order valence-electron chi connectivity index (χ0n) is 11.0. The first-order valence-corrected chi connectivity index (χ1v) is 6.20. The van der Waals surface area contributed by atoms with Crippen LogP contribution in [0.15, 0.2) is 12.7 Å². The summed E-state index contributed by atoms with van der Waals surface area (Å²) >= 11 is 0. The number of carbonyl (C=O) groups excluding carboxylic acids is 1. The highest BCUT2D eigenvalue weighted by molar-refractivity contribution is 5.81. The predicted octanol–water partition coefficient (Wildman–Crippen LogP) is 3.39. The van der Waals surface area contributed by atoms with Crippen molar-refractivity contribution >= 4 is 5.97 Å². The Kier molecular flexibility index (Phi) is 15.6. The lowest BCUT2D eigenvalue weighted by molar-refractivity contribution is -0.143. The van der Waals surface area contributed by atoms with Crippen molar-refractivity contribution in [3.05, 3.63) is 12.7 Å². The van der Waals surface area contributed by atoms with Gasteiger partial charge in [-0.05, 0) is 12.8 Å². The number of unbranched alkanes of at least 4 members (excludes halogenated alkanes) is 3. The molecule has 0 heterocycles. The smallest absolute Gasteiger partial charge is 0.331 e. The highest BCUT2D eigenvalue weighted by atomic mass is 16.6. The molecule has 1 atom stereocenters. The van der Waals surface area contributed by atoms with E-state index in [0.717, 1.165) is 31.8 Å². The number of ether oxygens (including phenoxy) is 1. The van der Waals surface area contributed by atoms with E-state index in [1.807, 2.05) is 0 Å².